The fraction of sp³-hybridized carbons (Fsp3) is 0.156. The van der Waals surface area contributed by atoms with Gasteiger partial charge in [-0.3, -0.25) is 4.79 Å². The number of aldehydes is 1. The van der Waals surface area contributed by atoms with Gasteiger partial charge in [-0.05, 0) is 75.0 Å². The molecule has 0 unspecified atom stereocenters. The Kier molecular flexibility index (Phi) is 11.3. The van der Waals surface area contributed by atoms with Gasteiger partial charge in [-0.25, -0.2) is 4.52 Å². The highest BCUT2D eigenvalue weighted by Gasteiger charge is 2.15. The third-order valence-corrected chi connectivity index (χ3v) is 5.72. The Bertz CT molecular complexity index is 1510. The number of nitrogens with zero attached hydrogens (tertiary/aromatic N) is 3. The Hall–Kier alpha value is -5.13. The summed E-state index contributed by atoms with van der Waals surface area (Å²) in [5.41, 5.74) is 3.81. The number of carbonyl (C=O) groups excluding carboxylic acids is 1. The van der Waals surface area contributed by atoms with E-state index in [2.05, 4.69) is 28.4 Å². The van der Waals surface area contributed by atoms with Crippen molar-refractivity contribution in [3.63, 3.8) is 0 Å². The van der Waals surface area contributed by atoms with Crippen LogP contribution in [-0.2, 0) is 4.74 Å². The number of carbonyl (C=O) groups is 1. The lowest BCUT2D eigenvalue weighted by atomic mass is 10.1. The summed E-state index contributed by atoms with van der Waals surface area (Å²) in [6.45, 7) is 8.97. The van der Waals surface area contributed by atoms with Crippen molar-refractivity contribution in [2.45, 2.75) is 13.8 Å². The molecule has 204 valence electrons. The van der Waals surface area contributed by atoms with Crippen LogP contribution in [-0.4, -0.2) is 36.1 Å². The van der Waals surface area contributed by atoms with Crippen molar-refractivity contribution in [3.8, 4) is 17.6 Å². The molecule has 8 heteroatoms. The van der Waals surface area contributed by atoms with Gasteiger partial charge in [0, 0.05) is 24.0 Å². The van der Waals surface area contributed by atoms with Crippen LogP contribution >= 0.6 is 0 Å². The molecule has 40 heavy (non-hydrogen) atoms. The molecule has 2 N–H and O–H groups in total. The summed E-state index contributed by atoms with van der Waals surface area (Å²) in [7, 11) is 1.90. The highest BCUT2D eigenvalue weighted by Crippen LogP contribution is 2.31. The predicted octanol–water partition coefficient (Wildman–Crippen LogP) is 6.73. The summed E-state index contributed by atoms with van der Waals surface area (Å²) in [4.78, 5) is 11.3. The number of aryl methyl sites for hydroxylation is 1. The van der Waals surface area contributed by atoms with Gasteiger partial charge in [0.05, 0.1) is 23.0 Å². The first kappa shape index (κ1) is 29.4. The van der Waals surface area contributed by atoms with Crippen molar-refractivity contribution in [1.29, 1.82) is 5.26 Å². The normalized spacial score (nSPS) is 10.9. The number of ether oxygens (including phenoxy) is 2. The fourth-order valence-corrected chi connectivity index (χ4v) is 3.65. The number of likely N-dealkylation sites (N-methyl/N-ethyl adjacent to an activating group) is 1. The molecule has 0 fully saturated rings. The zero-order chi connectivity index (χ0) is 28.7. The lowest BCUT2D eigenvalue weighted by molar-refractivity contribution is 0.112. The van der Waals surface area contributed by atoms with Crippen LogP contribution < -0.4 is 15.4 Å². The Morgan fingerprint density at radius 1 is 1.15 bits per heavy atom. The number of nitriles is 1. The maximum atomic E-state index is 11.3. The SMILES string of the molecule is C=C/C(=C\C=C/C)OCCNC.Cc1c(C=O)cn2ncc(C#N)c(Nc3ccc(Oc4ccccc4)cc3)c12. The molecule has 4 rings (SSSR count). The first-order chi connectivity index (χ1) is 19.5. The molecule has 0 saturated heterocycles. The average molecular weight is 536 g/mol. The van der Waals surface area contributed by atoms with Crippen molar-refractivity contribution in [3.05, 3.63) is 120 Å². The van der Waals surface area contributed by atoms with E-state index in [1.165, 1.54) is 6.20 Å². The highest BCUT2D eigenvalue weighted by molar-refractivity contribution is 5.90. The summed E-state index contributed by atoms with van der Waals surface area (Å²) in [6.07, 6.45) is 11.4. The third kappa shape index (κ3) is 7.93. The monoisotopic (exact) mass is 535 g/mol. The number of fused-ring (bicyclic) bond motifs is 1. The lowest BCUT2D eigenvalue weighted by Gasteiger charge is -2.12. The largest absolute Gasteiger partial charge is 0.492 e. The molecular weight excluding hydrogens is 502 g/mol. The number of hydrogen-bond acceptors (Lipinski definition) is 7. The van der Waals surface area contributed by atoms with Gasteiger partial charge in [0.1, 0.15) is 29.9 Å². The summed E-state index contributed by atoms with van der Waals surface area (Å²) < 4.78 is 12.8. The van der Waals surface area contributed by atoms with E-state index < -0.39 is 0 Å². The quantitative estimate of drug-likeness (QED) is 0.0950. The first-order valence-corrected chi connectivity index (χ1v) is 12.7. The molecule has 0 amide bonds. The zero-order valence-corrected chi connectivity index (χ0v) is 22.9. The van der Waals surface area contributed by atoms with Crippen LogP contribution in [0.15, 0.2) is 104 Å². The molecule has 8 nitrogen and oxygen atoms in total. The molecular formula is C32H33N5O3. The molecule has 4 aromatic rings. The van der Waals surface area contributed by atoms with Crippen LogP contribution in [0.3, 0.4) is 0 Å². The maximum absolute atomic E-state index is 11.3. The molecule has 0 atom stereocenters. The van der Waals surface area contributed by atoms with Gasteiger partial charge in [-0.15, -0.1) is 0 Å². The van der Waals surface area contributed by atoms with Crippen LogP contribution in [0.1, 0.15) is 28.4 Å². The van der Waals surface area contributed by atoms with E-state index in [0.29, 0.717) is 34.7 Å². The average Bonchev–Trinajstić information content (AvgIpc) is 3.32. The van der Waals surface area contributed by atoms with Gasteiger partial charge in [0.2, 0.25) is 0 Å². The molecule has 0 bridgehead atoms. The summed E-state index contributed by atoms with van der Waals surface area (Å²) >= 11 is 0. The molecule has 2 heterocycles. The van der Waals surface area contributed by atoms with Gasteiger partial charge in [0.25, 0.3) is 0 Å². The van der Waals surface area contributed by atoms with E-state index in [-0.39, 0.29) is 0 Å². The summed E-state index contributed by atoms with van der Waals surface area (Å²) in [5, 5.41) is 20.0. The van der Waals surface area contributed by atoms with Crippen LogP contribution in [0.25, 0.3) is 5.52 Å². The molecule has 0 spiro atoms. The van der Waals surface area contributed by atoms with Gasteiger partial charge in [-0.2, -0.15) is 10.4 Å². The second kappa shape index (κ2) is 15.3. The van der Waals surface area contributed by atoms with Gasteiger partial charge in [-0.1, -0.05) is 36.9 Å². The Morgan fingerprint density at radius 2 is 1.88 bits per heavy atom. The number of aromatic nitrogens is 2. The molecule has 2 aromatic heterocycles. The van der Waals surface area contributed by atoms with E-state index in [1.807, 2.05) is 93.7 Å². The fourth-order valence-electron chi connectivity index (χ4n) is 3.65. The van der Waals surface area contributed by atoms with E-state index in [0.717, 1.165) is 35.6 Å². The van der Waals surface area contributed by atoms with E-state index >= 15 is 0 Å². The minimum atomic E-state index is 0.399. The van der Waals surface area contributed by atoms with Gasteiger partial charge < -0.3 is 20.1 Å². The zero-order valence-electron chi connectivity index (χ0n) is 22.9. The second-order valence-electron chi connectivity index (χ2n) is 8.48. The number of rotatable bonds is 11. The number of anilines is 2. The minimum absolute atomic E-state index is 0.399. The van der Waals surface area contributed by atoms with Crippen molar-refractivity contribution in [1.82, 2.24) is 14.9 Å². The third-order valence-electron chi connectivity index (χ3n) is 5.72. The van der Waals surface area contributed by atoms with E-state index in [9.17, 15) is 10.1 Å². The number of nitrogens with one attached hydrogen (secondary N) is 2. The summed E-state index contributed by atoms with van der Waals surface area (Å²) in [6, 6.07) is 19.1. The second-order valence-corrected chi connectivity index (χ2v) is 8.48. The van der Waals surface area contributed by atoms with E-state index in [1.54, 1.807) is 16.8 Å². The van der Waals surface area contributed by atoms with Gasteiger partial charge in [0.15, 0.2) is 6.29 Å². The Morgan fingerprint density at radius 3 is 2.50 bits per heavy atom. The molecule has 0 saturated carbocycles. The number of benzene rings is 2. The van der Waals surface area contributed by atoms with Crippen LogP contribution in [0.5, 0.6) is 11.5 Å². The topological polar surface area (TPSA) is 101 Å². The number of hydrogen-bond donors (Lipinski definition) is 2. The maximum Gasteiger partial charge on any atom is 0.151 e. The van der Waals surface area contributed by atoms with Crippen LogP contribution in [0.2, 0.25) is 0 Å². The molecule has 2 aromatic carbocycles. The summed E-state index contributed by atoms with van der Waals surface area (Å²) in [5.74, 6) is 2.28. The van der Waals surface area contributed by atoms with Crippen molar-refractivity contribution >= 4 is 23.2 Å². The molecule has 0 aliphatic rings. The minimum Gasteiger partial charge on any atom is -0.492 e. The van der Waals surface area contributed by atoms with Gasteiger partial charge >= 0.3 is 0 Å². The Labute approximate surface area is 234 Å². The number of para-hydroxylation sites is 1. The highest BCUT2D eigenvalue weighted by atomic mass is 16.5. The Balaban J connectivity index is 0.000000312. The molecule has 0 aliphatic heterocycles. The lowest BCUT2D eigenvalue weighted by Crippen LogP contribution is -2.13. The molecule has 0 aliphatic carbocycles. The standard InChI is InChI=1S/C22H16N4O2.C10H17NO/c1-15-17(14-27)13-26-22(15)21(16(11-23)12-24-26)25-18-7-9-20(10-8-18)28-19-5-3-2-4-6-19;1-4-6-7-10(5-2)12-9-8-11-3/h2-10,12-14,25H,1H3;4-7,11H,2,8-9H2,1,3H3/b;6-4-,10-7+. The molecule has 0 radical (unpaired) electrons. The predicted molar refractivity (Wildman–Crippen MR) is 159 cm³/mol. The van der Waals surface area contributed by atoms with E-state index in [4.69, 9.17) is 9.47 Å². The van der Waals surface area contributed by atoms with Crippen molar-refractivity contribution < 1.29 is 14.3 Å². The van der Waals surface area contributed by atoms with Crippen molar-refractivity contribution in [2.75, 3.05) is 25.5 Å². The van der Waals surface area contributed by atoms with Crippen LogP contribution in [0, 0.1) is 18.3 Å². The first-order valence-electron chi connectivity index (χ1n) is 12.7. The van der Waals surface area contributed by atoms with Crippen LogP contribution in [0.4, 0.5) is 11.4 Å². The number of allylic oxidation sites excluding steroid dienone is 4. The van der Waals surface area contributed by atoms with Crippen molar-refractivity contribution in [2.24, 2.45) is 0 Å². The smallest absolute Gasteiger partial charge is 0.151 e.